The summed E-state index contributed by atoms with van der Waals surface area (Å²) < 4.78 is 4.61. The minimum absolute atomic E-state index is 0.000339. The number of rotatable bonds is 5. The van der Waals surface area contributed by atoms with Crippen LogP contribution in [0.3, 0.4) is 0 Å². The van der Waals surface area contributed by atoms with Crippen LogP contribution < -0.4 is 0 Å². The standard InChI is InChI=1S/C11H14N2O4S/c1-7(11(14)17-3)6-18-10-5-4-9(13(15)16)8(2)12-10/h4-5,7H,6H2,1-3H3. The SMILES string of the molecule is COC(=O)C(C)CSc1ccc([N+](=O)[O-])c(C)n1. The third-order valence-corrected chi connectivity index (χ3v) is 3.50. The molecule has 0 amide bonds. The molecule has 0 aromatic carbocycles. The zero-order valence-electron chi connectivity index (χ0n) is 10.4. The van der Waals surface area contributed by atoms with Crippen molar-refractivity contribution in [2.45, 2.75) is 18.9 Å². The second-order valence-electron chi connectivity index (χ2n) is 3.75. The third-order valence-electron chi connectivity index (χ3n) is 2.31. The molecule has 98 valence electrons. The van der Waals surface area contributed by atoms with E-state index >= 15 is 0 Å². The summed E-state index contributed by atoms with van der Waals surface area (Å²) in [5.41, 5.74) is 0.371. The van der Waals surface area contributed by atoms with Crippen molar-refractivity contribution in [1.29, 1.82) is 0 Å². The van der Waals surface area contributed by atoms with Crippen molar-refractivity contribution < 1.29 is 14.5 Å². The molecule has 0 fully saturated rings. The van der Waals surface area contributed by atoms with Gasteiger partial charge < -0.3 is 4.74 Å². The van der Waals surface area contributed by atoms with Crippen LogP contribution in [0.4, 0.5) is 5.69 Å². The molecular formula is C11H14N2O4S. The fourth-order valence-corrected chi connectivity index (χ4v) is 2.21. The molecule has 1 rings (SSSR count). The molecular weight excluding hydrogens is 256 g/mol. The molecule has 1 atom stereocenters. The molecule has 0 radical (unpaired) electrons. The number of thioether (sulfide) groups is 1. The third kappa shape index (κ3) is 3.69. The van der Waals surface area contributed by atoms with Gasteiger partial charge >= 0.3 is 5.97 Å². The van der Waals surface area contributed by atoms with E-state index in [0.29, 0.717) is 16.5 Å². The zero-order valence-corrected chi connectivity index (χ0v) is 11.2. The average Bonchev–Trinajstić information content (AvgIpc) is 2.34. The molecule has 7 heteroatoms. The molecule has 6 nitrogen and oxygen atoms in total. The molecule has 1 unspecified atom stereocenters. The van der Waals surface area contributed by atoms with Crippen LogP contribution in [0.1, 0.15) is 12.6 Å². The monoisotopic (exact) mass is 270 g/mol. The first-order valence-corrected chi connectivity index (χ1v) is 6.27. The Kier molecular flexibility index (Phi) is 5.08. The van der Waals surface area contributed by atoms with Crippen molar-refractivity contribution in [3.05, 3.63) is 27.9 Å². The summed E-state index contributed by atoms with van der Waals surface area (Å²) in [6.45, 7) is 3.35. The van der Waals surface area contributed by atoms with E-state index in [-0.39, 0.29) is 17.6 Å². The smallest absolute Gasteiger partial charge is 0.309 e. The maximum absolute atomic E-state index is 11.2. The predicted molar refractivity (Wildman–Crippen MR) is 67.5 cm³/mol. The highest BCUT2D eigenvalue weighted by molar-refractivity contribution is 7.99. The maximum Gasteiger partial charge on any atom is 0.309 e. The molecule has 1 heterocycles. The summed E-state index contributed by atoms with van der Waals surface area (Å²) in [6, 6.07) is 3.01. The number of carbonyl (C=O) groups excluding carboxylic acids is 1. The van der Waals surface area contributed by atoms with Crippen LogP contribution in [0, 0.1) is 23.0 Å². The summed E-state index contributed by atoms with van der Waals surface area (Å²) >= 11 is 1.37. The van der Waals surface area contributed by atoms with Gasteiger partial charge in [0, 0.05) is 11.8 Å². The van der Waals surface area contributed by atoms with E-state index in [1.54, 1.807) is 19.9 Å². The zero-order chi connectivity index (χ0) is 13.7. The summed E-state index contributed by atoms with van der Waals surface area (Å²) in [5, 5.41) is 11.3. The molecule has 1 aromatic heterocycles. The number of aromatic nitrogens is 1. The Balaban J connectivity index is 2.67. The van der Waals surface area contributed by atoms with E-state index in [2.05, 4.69) is 9.72 Å². The number of nitrogens with zero attached hydrogens (tertiary/aromatic N) is 2. The number of pyridine rings is 1. The summed E-state index contributed by atoms with van der Waals surface area (Å²) in [4.78, 5) is 25.5. The van der Waals surface area contributed by atoms with Gasteiger partial charge in [-0.05, 0) is 13.0 Å². The highest BCUT2D eigenvalue weighted by Crippen LogP contribution is 2.23. The highest BCUT2D eigenvalue weighted by atomic mass is 32.2. The van der Waals surface area contributed by atoms with Gasteiger partial charge in [0.15, 0.2) is 0 Å². The van der Waals surface area contributed by atoms with Gasteiger partial charge in [0.05, 0.1) is 23.0 Å². The number of aryl methyl sites for hydroxylation is 1. The molecule has 1 aromatic rings. The average molecular weight is 270 g/mol. The number of methoxy groups -OCH3 is 1. The molecule has 0 aliphatic heterocycles. The summed E-state index contributed by atoms with van der Waals surface area (Å²) in [6.07, 6.45) is 0. The van der Waals surface area contributed by atoms with Crippen molar-refractivity contribution in [1.82, 2.24) is 4.98 Å². The van der Waals surface area contributed by atoms with Gasteiger partial charge in [-0.3, -0.25) is 14.9 Å². The van der Waals surface area contributed by atoms with Crippen molar-refractivity contribution in [3.63, 3.8) is 0 Å². The Bertz CT molecular complexity index is 464. The van der Waals surface area contributed by atoms with Crippen LogP contribution in [0.5, 0.6) is 0 Å². The molecule has 0 spiro atoms. The number of esters is 1. The van der Waals surface area contributed by atoms with Crippen molar-refractivity contribution in [2.75, 3.05) is 12.9 Å². The largest absolute Gasteiger partial charge is 0.469 e. The van der Waals surface area contributed by atoms with Crippen molar-refractivity contribution in [3.8, 4) is 0 Å². The van der Waals surface area contributed by atoms with Gasteiger partial charge in [0.2, 0.25) is 0 Å². The highest BCUT2D eigenvalue weighted by Gasteiger charge is 2.15. The van der Waals surface area contributed by atoms with Crippen LogP contribution in [-0.2, 0) is 9.53 Å². The van der Waals surface area contributed by atoms with E-state index in [1.807, 2.05) is 0 Å². The number of hydrogen-bond acceptors (Lipinski definition) is 6. The Morgan fingerprint density at radius 2 is 2.28 bits per heavy atom. The van der Waals surface area contributed by atoms with Gasteiger partial charge in [0.1, 0.15) is 5.69 Å². The van der Waals surface area contributed by atoms with Gasteiger partial charge in [0.25, 0.3) is 5.69 Å². The van der Waals surface area contributed by atoms with Crippen LogP contribution in [0.15, 0.2) is 17.2 Å². The molecule has 0 aliphatic rings. The van der Waals surface area contributed by atoms with Crippen LogP contribution in [0.25, 0.3) is 0 Å². The second kappa shape index (κ2) is 6.34. The Hall–Kier alpha value is -1.63. The van der Waals surface area contributed by atoms with Crippen molar-refractivity contribution in [2.24, 2.45) is 5.92 Å². The first-order chi connectivity index (χ1) is 8.45. The lowest BCUT2D eigenvalue weighted by molar-refractivity contribution is -0.385. The van der Waals surface area contributed by atoms with E-state index in [1.165, 1.54) is 24.9 Å². The Labute approximate surface area is 109 Å². The minimum Gasteiger partial charge on any atom is -0.469 e. The predicted octanol–water partition coefficient (Wildman–Crippen LogP) is 2.20. The summed E-state index contributed by atoms with van der Waals surface area (Å²) in [7, 11) is 1.35. The normalized spacial score (nSPS) is 11.9. The van der Waals surface area contributed by atoms with Crippen LogP contribution in [-0.4, -0.2) is 28.7 Å². The number of hydrogen-bond donors (Lipinski definition) is 0. The number of nitro groups is 1. The molecule has 18 heavy (non-hydrogen) atoms. The number of ether oxygens (including phenoxy) is 1. The molecule has 0 saturated heterocycles. The molecule has 0 saturated carbocycles. The second-order valence-corrected chi connectivity index (χ2v) is 4.79. The molecule has 0 bridgehead atoms. The summed E-state index contributed by atoms with van der Waals surface area (Å²) in [5.74, 6) is 0.00939. The number of carbonyl (C=O) groups is 1. The molecule has 0 aliphatic carbocycles. The van der Waals surface area contributed by atoms with E-state index in [9.17, 15) is 14.9 Å². The van der Waals surface area contributed by atoms with Crippen molar-refractivity contribution >= 4 is 23.4 Å². The van der Waals surface area contributed by atoms with Gasteiger partial charge in [-0.1, -0.05) is 6.92 Å². The van der Waals surface area contributed by atoms with Gasteiger partial charge in [-0.2, -0.15) is 0 Å². The van der Waals surface area contributed by atoms with E-state index < -0.39 is 4.92 Å². The van der Waals surface area contributed by atoms with E-state index in [4.69, 9.17) is 0 Å². The molecule has 0 N–H and O–H groups in total. The minimum atomic E-state index is -0.464. The lowest BCUT2D eigenvalue weighted by Crippen LogP contribution is -2.14. The first kappa shape index (κ1) is 14.4. The lowest BCUT2D eigenvalue weighted by atomic mass is 10.2. The quantitative estimate of drug-likeness (QED) is 0.353. The first-order valence-electron chi connectivity index (χ1n) is 5.28. The fraction of sp³-hybridized carbons (Fsp3) is 0.455. The Morgan fingerprint density at radius 3 is 2.78 bits per heavy atom. The topological polar surface area (TPSA) is 82.3 Å². The lowest BCUT2D eigenvalue weighted by Gasteiger charge is -2.08. The Morgan fingerprint density at radius 1 is 1.61 bits per heavy atom. The van der Waals surface area contributed by atoms with Gasteiger partial charge in [-0.25, -0.2) is 4.98 Å². The maximum atomic E-state index is 11.2. The fourth-order valence-electron chi connectivity index (χ4n) is 1.28. The van der Waals surface area contributed by atoms with Gasteiger partial charge in [-0.15, -0.1) is 11.8 Å². The van der Waals surface area contributed by atoms with Crippen LogP contribution in [0.2, 0.25) is 0 Å². The van der Waals surface area contributed by atoms with Crippen LogP contribution >= 0.6 is 11.8 Å². The van der Waals surface area contributed by atoms with E-state index in [0.717, 1.165) is 0 Å².